The molecule has 0 bridgehead atoms. The molecule has 1 nitrogen and oxygen atoms in total. The minimum atomic E-state index is -0.193. The fourth-order valence-electron chi connectivity index (χ4n) is 2.65. The van der Waals surface area contributed by atoms with Crippen molar-refractivity contribution in [2.24, 2.45) is 0 Å². The van der Waals surface area contributed by atoms with Crippen LogP contribution in [0.1, 0.15) is 31.2 Å². The van der Waals surface area contributed by atoms with Gasteiger partial charge in [-0.1, -0.05) is 18.6 Å². The fraction of sp³-hybridized carbons (Fsp3) is 0.533. The van der Waals surface area contributed by atoms with Gasteiger partial charge in [0.1, 0.15) is 12.5 Å². The molecule has 0 aromatic heterocycles. The van der Waals surface area contributed by atoms with Gasteiger partial charge < -0.3 is 0 Å². The van der Waals surface area contributed by atoms with Crippen LogP contribution in [0, 0.1) is 12.5 Å². The van der Waals surface area contributed by atoms with Gasteiger partial charge >= 0.3 is 0 Å². The minimum absolute atomic E-state index is 0.193. The maximum atomic E-state index is 12.8. The van der Waals surface area contributed by atoms with Gasteiger partial charge in [0.2, 0.25) is 0 Å². The first kappa shape index (κ1) is 13.5. The number of piperidine rings is 1. The normalized spacial score (nSPS) is 21.1. The lowest BCUT2D eigenvalue weighted by molar-refractivity contribution is 0.143. The molecule has 0 spiro atoms. The van der Waals surface area contributed by atoms with Crippen LogP contribution in [-0.4, -0.2) is 24.0 Å². The molecule has 1 radical (unpaired) electrons. The maximum absolute atomic E-state index is 12.8. The largest absolute Gasteiger partial charge is 0.300 e. The van der Waals surface area contributed by atoms with Gasteiger partial charge in [0, 0.05) is 12.6 Å². The van der Waals surface area contributed by atoms with Crippen LogP contribution in [-0.2, 0) is 6.42 Å². The summed E-state index contributed by atoms with van der Waals surface area (Å²) in [4.78, 5) is 2.36. The lowest BCUT2D eigenvalue weighted by Gasteiger charge is -2.35. The summed E-state index contributed by atoms with van der Waals surface area (Å²) in [5, 5.41) is 0. The van der Waals surface area contributed by atoms with E-state index < -0.39 is 0 Å². The second-order valence-electron chi connectivity index (χ2n) is 4.95. The Bertz CT molecular complexity index is 348. The first-order chi connectivity index (χ1) is 8.79. The van der Waals surface area contributed by atoms with Crippen molar-refractivity contribution in [2.75, 3.05) is 13.1 Å². The van der Waals surface area contributed by atoms with Gasteiger partial charge in [0.05, 0.1) is 0 Å². The number of halogens is 2. The lowest BCUT2D eigenvalue weighted by Crippen LogP contribution is -2.40. The molecule has 1 aromatic carbocycles. The average molecular weight is 252 g/mol. The Hall–Kier alpha value is -0.960. The molecular formula is C15H20F2N. The quantitative estimate of drug-likeness (QED) is 0.771. The van der Waals surface area contributed by atoms with Crippen molar-refractivity contribution in [3.05, 3.63) is 42.3 Å². The Balaban J connectivity index is 1.85. The molecule has 1 aliphatic heterocycles. The highest BCUT2D eigenvalue weighted by molar-refractivity contribution is 5.16. The average Bonchev–Trinajstić information content (AvgIpc) is 2.40. The van der Waals surface area contributed by atoms with Crippen LogP contribution in [0.25, 0.3) is 0 Å². The van der Waals surface area contributed by atoms with Gasteiger partial charge in [0.15, 0.2) is 0 Å². The standard InChI is InChI=1S/C15H20F2N/c16-10-8-15-3-1-2-11-18(15)12-9-13-4-6-14(17)7-5-13/h4-7,10,15H,1-3,8-9,11-12H2. The first-order valence-corrected chi connectivity index (χ1v) is 6.70. The zero-order valence-corrected chi connectivity index (χ0v) is 10.6. The highest BCUT2D eigenvalue weighted by Gasteiger charge is 2.21. The second-order valence-corrected chi connectivity index (χ2v) is 4.95. The Morgan fingerprint density at radius 3 is 2.72 bits per heavy atom. The molecule has 1 heterocycles. The van der Waals surface area contributed by atoms with E-state index >= 15 is 0 Å². The number of benzene rings is 1. The van der Waals surface area contributed by atoms with Gasteiger partial charge in [-0.3, -0.25) is 4.90 Å². The van der Waals surface area contributed by atoms with E-state index in [1.165, 1.54) is 25.0 Å². The molecule has 1 unspecified atom stereocenters. The van der Waals surface area contributed by atoms with Gasteiger partial charge in [-0.05, 0) is 49.9 Å². The first-order valence-electron chi connectivity index (χ1n) is 6.70. The van der Waals surface area contributed by atoms with E-state index in [4.69, 9.17) is 0 Å². The van der Waals surface area contributed by atoms with Crippen molar-refractivity contribution in [3.63, 3.8) is 0 Å². The van der Waals surface area contributed by atoms with Crippen molar-refractivity contribution >= 4 is 0 Å². The third-order valence-corrected chi connectivity index (χ3v) is 3.71. The highest BCUT2D eigenvalue weighted by Crippen LogP contribution is 2.21. The number of rotatable bonds is 5. The molecule has 1 aromatic rings. The molecule has 2 rings (SSSR count). The second kappa shape index (κ2) is 6.83. The zero-order chi connectivity index (χ0) is 12.8. The summed E-state index contributed by atoms with van der Waals surface area (Å²) in [5.74, 6) is -0.193. The summed E-state index contributed by atoms with van der Waals surface area (Å²) < 4.78 is 25.2. The van der Waals surface area contributed by atoms with Crippen LogP contribution >= 0.6 is 0 Å². The van der Waals surface area contributed by atoms with Crippen molar-refractivity contribution in [1.29, 1.82) is 0 Å². The number of likely N-dealkylation sites (tertiary alicyclic amines) is 1. The van der Waals surface area contributed by atoms with Crippen LogP contribution in [0.2, 0.25) is 0 Å². The van der Waals surface area contributed by atoms with Gasteiger partial charge in [-0.2, -0.15) is 0 Å². The molecule has 1 saturated heterocycles. The van der Waals surface area contributed by atoms with Crippen LogP contribution < -0.4 is 0 Å². The van der Waals surface area contributed by atoms with Crippen LogP contribution in [0.3, 0.4) is 0 Å². The Morgan fingerprint density at radius 2 is 2.00 bits per heavy atom. The van der Waals surface area contributed by atoms with Crippen LogP contribution in [0.15, 0.2) is 24.3 Å². The summed E-state index contributed by atoms with van der Waals surface area (Å²) in [7, 11) is 0. The van der Waals surface area contributed by atoms with E-state index in [2.05, 4.69) is 4.90 Å². The highest BCUT2D eigenvalue weighted by atomic mass is 19.1. The Kier molecular flexibility index (Phi) is 5.12. The van der Waals surface area contributed by atoms with Crippen molar-refractivity contribution in [1.82, 2.24) is 4.90 Å². The summed E-state index contributed by atoms with van der Waals surface area (Å²) in [6.07, 6.45) is 4.92. The van der Waals surface area contributed by atoms with Gasteiger partial charge in [-0.15, -0.1) is 0 Å². The lowest BCUT2D eigenvalue weighted by atomic mass is 9.99. The molecular weight excluding hydrogens is 232 g/mol. The Morgan fingerprint density at radius 1 is 1.22 bits per heavy atom. The molecule has 0 aliphatic carbocycles. The van der Waals surface area contributed by atoms with Crippen molar-refractivity contribution < 1.29 is 8.78 Å². The van der Waals surface area contributed by atoms with Crippen LogP contribution in [0.4, 0.5) is 8.78 Å². The predicted molar refractivity (Wildman–Crippen MR) is 69.3 cm³/mol. The summed E-state index contributed by atoms with van der Waals surface area (Å²) in [6, 6.07) is 7.01. The molecule has 1 aliphatic rings. The zero-order valence-electron chi connectivity index (χ0n) is 10.6. The minimum Gasteiger partial charge on any atom is -0.300 e. The summed E-state index contributed by atoms with van der Waals surface area (Å²) >= 11 is 0. The number of nitrogens with zero attached hydrogens (tertiary/aromatic N) is 1. The smallest absolute Gasteiger partial charge is 0.133 e. The topological polar surface area (TPSA) is 3.24 Å². The van der Waals surface area contributed by atoms with E-state index in [0.29, 0.717) is 12.5 Å². The summed E-state index contributed by atoms with van der Waals surface area (Å²) in [6.45, 7) is 2.77. The molecule has 3 heteroatoms. The molecule has 0 amide bonds. The number of hydrogen-bond acceptors (Lipinski definition) is 1. The maximum Gasteiger partial charge on any atom is 0.133 e. The SMILES string of the molecule is F[CH]CC1CCCCN1CCc1ccc(F)cc1. The number of hydrogen-bond donors (Lipinski definition) is 0. The fourth-order valence-corrected chi connectivity index (χ4v) is 2.65. The van der Waals surface area contributed by atoms with Gasteiger partial charge in [0.25, 0.3) is 0 Å². The van der Waals surface area contributed by atoms with E-state index in [0.717, 1.165) is 38.2 Å². The molecule has 18 heavy (non-hydrogen) atoms. The molecule has 1 fully saturated rings. The van der Waals surface area contributed by atoms with Crippen molar-refractivity contribution in [2.45, 2.75) is 38.1 Å². The summed E-state index contributed by atoms with van der Waals surface area (Å²) in [5.41, 5.74) is 1.14. The van der Waals surface area contributed by atoms with Gasteiger partial charge in [-0.25, -0.2) is 8.78 Å². The predicted octanol–water partition coefficient (Wildman–Crippen LogP) is 3.74. The third kappa shape index (κ3) is 3.77. The molecule has 0 saturated carbocycles. The monoisotopic (exact) mass is 252 g/mol. The van der Waals surface area contributed by atoms with E-state index in [-0.39, 0.29) is 5.82 Å². The molecule has 0 N–H and O–H groups in total. The van der Waals surface area contributed by atoms with E-state index in [9.17, 15) is 8.78 Å². The van der Waals surface area contributed by atoms with E-state index in [1.54, 1.807) is 0 Å². The van der Waals surface area contributed by atoms with E-state index in [1.807, 2.05) is 12.1 Å². The third-order valence-electron chi connectivity index (χ3n) is 3.71. The molecule has 1 atom stereocenters. The Labute approximate surface area is 108 Å². The van der Waals surface area contributed by atoms with Crippen LogP contribution in [0.5, 0.6) is 0 Å². The molecule has 99 valence electrons. The van der Waals surface area contributed by atoms with Crippen molar-refractivity contribution in [3.8, 4) is 0 Å².